The maximum Gasteiger partial charge on any atom is 0.407 e. The minimum Gasteiger partial charge on any atom is -0.445 e. The number of hydrogen-bond acceptors (Lipinski definition) is 13. The number of hydrogen-bond donors (Lipinski definition) is 1. The molecule has 0 radical (unpaired) electrons. The summed E-state index contributed by atoms with van der Waals surface area (Å²) in [6, 6.07) is 9.52. The second-order valence-electron chi connectivity index (χ2n) is 14.3. The molecule has 0 spiro atoms. The average molecular weight is 860 g/mol. The minimum atomic E-state index is -0.467. The van der Waals surface area contributed by atoms with Crippen molar-refractivity contribution in [2.24, 2.45) is 0 Å². The zero-order valence-corrected chi connectivity index (χ0v) is 37.6. The topological polar surface area (TPSA) is 140 Å². The van der Waals surface area contributed by atoms with E-state index in [4.69, 9.17) is 56.8 Å². The standard InChI is InChI=1S/C46H85NO13/c1-2-3-4-5-6-7-8-9-10-11-12-13-14-18-22-49-24-26-51-28-30-53-32-34-55-36-38-57-40-42-59-43-41-58-39-37-56-35-33-54-31-29-52-27-25-50-23-21-47-46(48)60-44-45-19-16-15-17-20-45/h15-17,19-20H,2-14,18,21-44H2,1H3,(H,47,48). The zero-order chi connectivity index (χ0) is 42.8. The Morgan fingerprint density at radius 1 is 0.367 bits per heavy atom. The molecule has 14 nitrogen and oxygen atoms in total. The monoisotopic (exact) mass is 860 g/mol. The second kappa shape index (κ2) is 49.7. The molecule has 1 rings (SSSR count). The van der Waals surface area contributed by atoms with Crippen molar-refractivity contribution in [3.8, 4) is 0 Å². The summed E-state index contributed by atoms with van der Waals surface area (Å²) in [7, 11) is 0. The Hall–Kier alpha value is -1.95. The van der Waals surface area contributed by atoms with Crippen LogP contribution in [0.4, 0.5) is 4.79 Å². The maximum atomic E-state index is 11.7. The van der Waals surface area contributed by atoms with E-state index in [9.17, 15) is 4.79 Å². The molecule has 0 unspecified atom stereocenters. The lowest BCUT2D eigenvalue weighted by molar-refractivity contribution is -0.0275. The van der Waals surface area contributed by atoms with Crippen LogP contribution in [0.5, 0.6) is 0 Å². The summed E-state index contributed by atoms with van der Waals surface area (Å²) in [4.78, 5) is 11.7. The number of alkyl carbamates (subject to hydrolysis) is 1. The first-order chi connectivity index (χ1) is 29.8. The highest BCUT2D eigenvalue weighted by atomic mass is 16.6. The number of benzene rings is 1. The van der Waals surface area contributed by atoms with Gasteiger partial charge in [0.2, 0.25) is 0 Å². The van der Waals surface area contributed by atoms with Crippen LogP contribution in [0.2, 0.25) is 0 Å². The lowest BCUT2D eigenvalue weighted by Gasteiger charge is -2.09. The van der Waals surface area contributed by atoms with Gasteiger partial charge in [-0.1, -0.05) is 121 Å². The van der Waals surface area contributed by atoms with Gasteiger partial charge in [-0.05, 0) is 12.0 Å². The van der Waals surface area contributed by atoms with E-state index in [2.05, 4.69) is 12.2 Å². The quantitative estimate of drug-likeness (QED) is 0.0645. The molecular formula is C46H85NO13. The third kappa shape index (κ3) is 45.6. The molecule has 0 fully saturated rings. The SMILES string of the molecule is CCCCCCCCCCCCCCCCOCCOCCOCCOCCOCCOCCOCCOCCOCCOCCOCCNC(=O)OCc1ccccc1. The Morgan fingerprint density at radius 3 is 0.983 bits per heavy atom. The molecule has 0 aliphatic rings. The van der Waals surface area contributed by atoms with Crippen molar-refractivity contribution < 1.29 is 61.6 Å². The van der Waals surface area contributed by atoms with Gasteiger partial charge in [0.25, 0.3) is 0 Å². The van der Waals surface area contributed by atoms with Gasteiger partial charge in [0.15, 0.2) is 0 Å². The largest absolute Gasteiger partial charge is 0.445 e. The number of amides is 1. The van der Waals surface area contributed by atoms with Crippen LogP contribution < -0.4 is 5.32 Å². The normalized spacial score (nSPS) is 11.4. The van der Waals surface area contributed by atoms with Crippen LogP contribution in [-0.4, -0.2) is 158 Å². The molecule has 1 aromatic carbocycles. The van der Waals surface area contributed by atoms with Crippen molar-refractivity contribution >= 4 is 6.09 Å². The van der Waals surface area contributed by atoms with Crippen LogP contribution in [0.3, 0.4) is 0 Å². The number of carbonyl (C=O) groups excluding carboxylic acids is 1. The van der Waals surface area contributed by atoms with Gasteiger partial charge in [-0.2, -0.15) is 0 Å². The van der Waals surface area contributed by atoms with Crippen LogP contribution in [0.25, 0.3) is 0 Å². The number of nitrogens with one attached hydrogen (secondary N) is 1. The van der Waals surface area contributed by atoms with Gasteiger partial charge < -0.3 is 62.2 Å². The summed E-state index contributed by atoms with van der Waals surface area (Å²) < 4.78 is 65.9. The molecule has 1 amide bonds. The van der Waals surface area contributed by atoms with E-state index < -0.39 is 6.09 Å². The van der Waals surface area contributed by atoms with E-state index in [1.807, 2.05) is 30.3 Å². The molecule has 1 aromatic rings. The Labute approximate surface area is 363 Å². The van der Waals surface area contributed by atoms with Gasteiger partial charge in [0.1, 0.15) is 6.61 Å². The Balaban J connectivity index is 1.61. The van der Waals surface area contributed by atoms with Crippen molar-refractivity contribution in [2.45, 2.75) is 103 Å². The Kier molecular flexibility index (Phi) is 46.4. The highest BCUT2D eigenvalue weighted by molar-refractivity contribution is 5.67. The third-order valence-electron chi connectivity index (χ3n) is 9.09. The van der Waals surface area contributed by atoms with Gasteiger partial charge in [-0.15, -0.1) is 0 Å². The molecule has 0 saturated carbocycles. The molecule has 14 heteroatoms. The van der Waals surface area contributed by atoms with Crippen LogP contribution in [-0.2, 0) is 63.4 Å². The highest BCUT2D eigenvalue weighted by Crippen LogP contribution is 2.13. The van der Waals surface area contributed by atoms with Gasteiger partial charge in [0.05, 0.1) is 139 Å². The van der Waals surface area contributed by atoms with Crippen molar-refractivity contribution in [3.05, 3.63) is 35.9 Å². The second-order valence-corrected chi connectivity index (χ2v) is 14.3. The predicted octanol–water partition coefficient (Wildman–Crippen LogP) is 7.58. The van der Waals surface area contributed by atoms with E-state index in [1.54, 1.807) is 0 Å². The van der Waals surface area contributed by atoms with Gasteiger partial charge in [0, 0.05) is 13.2 Å². The number of ether oxygens (including phenoxy) is 12. The molecule has 0 atom stereocenters. The average Bonchev–Trinajstić information content (AvgIpc) is 3.27. The lowest BCUT2D eigenvalue weighted by atomic mass is 10.0. The fourth-order valence-corrected chi connectivity index (χ4v) is 5.70. The van der Waals surface area contributed by atoms with Crippen LogP contribution in [0.15, 0.2) is 30.3 Å². The van der Waals surface area contributed by atoms with Crippen LogP contribution in [0, 0.1) is 0 Å². The zero-order valence-electron chi connectivity index (χ0n) is 37.6. The van der Waals surface area contributed by atoms with Crippen molar-refractivity contribution in [2.75, 3.05) is 152 Å². The van der Waals surface area contributed by atoms with E-state index in [1.165, 1.54) is 83.5 Å². The molecule has 0 bridgehead atoms. The molecule has 0 heterocycles. The first kappa shape index (κ1) is 56.1. The summed E-state index contributed by atoms with van der Waals surface area (Å²) in [6.45, 7) is 14.4. The molecular weight excluding hydrogens is 774 g/mol. The van der Waals surface area contributed by atoms with E-state index in [0.717, 1.165) is 18.6 Å². The minimum absolute atomic E-state index is 0.239. The first-order valence-corrected chi connectivity index (χ1v) is 23.1. The van der Waals surface area contributed by atoms with Crippen LogP contribution in [0.1, 0.15) is 102 Å². The van der Waals surface area contributed by atoms with Crippen LogP contribution >= 0.6 is 0 Å². The smallest absolute Gasteiger partial charge is 0.407 e. The Morgan fingerprint density at radius 2 is 0.650 bits per heavy atom. The molecule has 1 N–H and O–H groups in total. The number of carbonyl (C=O) groups is 1. The maximum absolute atomic E-state index is 11.7. The summed E-state index contributed by atoms with van der Waals surface area (Å²) >= 11 is 0. The van der Waals surface area contributed by atoms with Crippen molar-refractivity contribution in [1.82, 2.24) is 5.32 Å². The van der Waals surface area contributed by atoms with E-state index in [0.29, 0.717) is 145 Å². The molecule has 60 heavy (non-hydrogen) atoms. The first-order valence-electron chi connectivity index (χ1n) is 23.1. The number of unbranched alkanes of at least 4 members (excludes halogenated alkanes) is 13. The molecule has 352 valence electrons. The number of rotatable bonds is 50. The van der Waals surface area contributed by atoms with Crippen molar-refractivity contribution in [1.29, 1.82) is 0 Å². The van der Waals surface area contributed by atoms with E-state index >= 15 is 0 Å². The van der Waals surface area contributed by atoms with E-state index in [-0.39, 0.29) is 6.61 Å². The molecule has 0 saturated heterocycles. The highest BCUT2D eigenvalue weighted by Gasteiger charge is 2.02. The summed E-state index contributed by atoms with van der Waals surface area (Å²) in [6.07, 6.45) is 18.7. The van der Waals surface area contributed by atoms with Crippen molar-refractivity contribution in [3.63, 3.8) is 0 Å². The Bertz CT molecular complexity index is 965. The molecule has 0 aromatic heterocycles. The predicted molar refractivity (Wildman–Crippen MR) is 234 cm³/mol. The van der Waals surface area contributed by atoms with Gasteiger partial charge >= 0.3 is 6.09 Å². The summed E-state index contributed by atoms with van der Waals surface area (Å²) in [5.74, 6) is 0. The fourth-order valence-electron chi connectivity index (χ4n) is 5.70. The van der Waals surface area contributed by atoms with Gasteiger partial charge in [-0.25, -0.2) is 4.79 Å². The van der Waals surface area contributed by atoms with Gasteiger partial charge in [-0.3, -0.25) is 0 Å². The molecule has 0 aliphatic carbocycles. The fraction of sp³-hybridized carbons (Fsp3) is 0.848. The third-order valence-corrected chi connectivity index (χ3v) is 9.09. The molecule has 0 aliphatic heterocycles. The lowest BCUT2D eigenvalue weighted by Crippen LogP contribution is -2.28. The summed E-state index contributed by atoms with van der Waals surface area (Å²) in [5, 5.41) is 2.65. The summed E-state index contributed by atoms with van der Waals surface area (Å²) in [5.41, 5.74) is 0.939.